The molecule has 7 nitrogen and oxygen atoms in total. The van der Waals surface area contributed by atoms with E-state index in [0.29, 0.717) is 18.8 Å². The predicted octanol–water partition coefficient (Wildman–Crippen LogP) is 4.14. The average Bonchev–Trinajstić information content (AvgIpc) is 3.33. The number of hydrogen-bond acceptors (Lipinski definition) is 4. The normalized spacial score (nSPS) is 11.1. The smallest absolute Gasteiger partial charge is 0.291 e. The van der Waals surface area contributed by atoms with Crippen LogP contribution in [0.25, 0.3) is 0 Å². The van der Waals surface area contributed by atoms with Crippen molar-refractivity contribution in [3.05, 3.63) is 83.8 Å². The summed E-state index contributed by atoms with van der Waals surface area (Å²) in [6, 6.07) is 18.9. The van der Waals surface area contributed by atoms with E-state index in [4.69, 9.17) is 14.1 Å². The summed E-state index contributed by atoms with van der Waals surface area (Å²) in [5.74, 6) is 1.67. The Morgan fingerprint density at radius 2 is 1.87 bits per heavy atom. The molecule has 1 aromatic heterocycles. The lowest BCUT2D eigenvalue weighted by Crippen LogP contribution is -2.38. The summed E-state index contributed by atoms with van der Waals surface area (Å²) in [7, 11) is 3.68. The number of anilines is 1. The minimum atomic E-state index is -0.275. The third kappa shape index (κ3) is 6.12. The molecular formula is C24H28N4O3. The molecule has 0 aliphatic carbocycles. The van der Waals surface area contributed by atoms with E-state index in [1.54, 1.807) is 19.2 Å². The highest BCUT2D eigenvalue weighted by atomic mass is 16.5. The molecule has 3 aromatic rings. The maximum atomic E-state index is 12.1. The van der Waals surface area contributed by atoms with Gasteiger partial charge in [0, 0.05) is 31.4 Å². The van der Waals surface area contributed by atoms with E-state index in [2.05, 4.69) is 21.6 Å². The number of ether oxygens (including phenoxy) is 1. The first-order valence-electron chi connectivity index (χ1n) is 10.2. The molecule has 0 bridgehead atoms. The summed E-state index contributed by atoms with van der Waals surface area (Å²) in [6.07, 6.45) is 1.48. The van der Waals surface area contributed by atoms with Crippen molar-refractivity contribution in [2.24, 2.45) is 4.99 Å². The molecule has 162 valence electrons. The second-order valence-electron chi connectivity index (χ2n) is 6.97. The molecule has 0 atom stereocenters. The van der Waals surface area contributed by atoms with Crippen LogP contribution in [-0.4, -0.2) is 37.5 Å². The fourth-order valence-electron chi connectivity index (χ4n) is 3.09. The molecule has 0 aliphatic rings. The van der Waals surface area contributed by atoms with E-state index in [-0.39, 0.29) is 11.7 Å². The van der Waals surface area contributed by atoms with Crippen molar-refractivity contribution in [2.75, 3.05) is 26.0 Å². The number of para-hydroxylation sites is 1. The second kappa shape index (κ2) is 10.9. The lowest BCUT2D eigenvalue weighted by atomic mass is 10.2. The molecule has 0 unspecified atom stereocenters. The van der Waals surface area contributed by atoms with E-state index in [1.807, 2.05) is 56.4 Å². The van der Waals surface area contributed by atoms with Crippen molar-refractivity contribution in [3.63, 3.8) is 0 Å². The molecule has 0 radical (unpaired) electrons. The van der Waals surface area contributed by atoms with Gasteiger partial charge in [-0.25, -0.2) is 4.99 Å². The number of furan rings is 1. The Morgan fingerprint density at radius 3 is 2.55 bits per heavy atom. The zero-order valence-electron chi connectivity index (χ0n) is 18.1. The van der Waals surface area contributed by atoms with Crippen LogP contribution in [0.1, 0.15) is 28.6 Å². The van der Waals surface area contributed by atoms with Gasteiger partial charge in [-0.05, 0) is 42.8 Å². The Morgan fingerprint density at radius 1 is 1.10 bits per heavy atom. The van der Waals surface area contributed by atoms with Gasteiger partial charge in [-0.1, -0.05) is 30.3 Å². The number of nitrogens with one attached hydrogen (secondary N) is 2. The van der Waals surface area contributed by atoms with Gasteiger partial charge < -0.3 is 24.7 Å². The van der Waals surface area contributed by atoms with E-state index >= 15 is 0 Å². The summed E-state index contributed by atoms with van der Waals surface area (Å²) in [6.45, 7) is 4.01. The number of carbonyl (C=O) groups excluding carboxylic acids is 1. The van der Waals surface area contributed by atoms with E-state index in [9.17, 15) is 4.79 Å². The zero-order valence-corrected chi connectivity index (χ0v) is 18.1. The number of aliphatic imine (C=N–C) groups is 1. The first kappa shape index (κ1) is 22.0. The molecule has 2 aromatic carbocycles. The molecule has 0 saturated carbocycles. The van der Waals surface area contributed by atoms with Crippen molar-refractivity contribution >= 4 is 17.6 Å². The van der Waals surface area contributed by atoms with Crippen LogP contribution in [0, 0.1) is 0 Å². The summed E-state index contributed by atoms with van der Waals surface area (Å²) in [4.78, 5) is 18.9. The quantitative estimate of drug-likeness (QED) is 0.423. The van der Waals surface area contributed by atoms with Crippen LogP contribution in [0.2, 0.25) is 0 Å². The molecule has 0 fully saturated rings. The van der Waals surface area contributed by atoms with Crippen molar-refractivity contribution in [2.45, 2.75) is 20.0 Å². The predicted molar refractivity (Wildman–Crippen MR) is 122 cm³/mol. The van der Waals surface area contributed by atoms with Crippen LogP contribution in [0.5, 0.6) is 5.75 Å². The van der Waals surface area contributed by atoms with Gasteiger partial charge in [0.25, 0.3) is 5.91 Å². The van der Waals surface area contributed by atoms with Crippen molar-refractivity contribution in [1.29, 1.82) is 0 Å². The van der Waals surface area contributed by atoms with Gasteiger partial charge in [0.2, 0.25) is 0 Å². The third-order valence-electron chi connectivity index (χ3n) is 4.66. The van der Waals surface area contributed by atoms with Gasteiger partial charge in [-0.3, -0.25) is 4.79 Å². The minimum Gasteiger partial charge on any atom is -0.496 e. The zero-order chi connectivity index (χ0) is 22.1. The summed E-state index contributed by atoms with van der Waals surface area (Å²) in [5.41, 5.74) is 2.83. The van der Waals surface area contributed by atoms with Crippen LogP contribution < -0.4 is 15.4 Å². The topological polar surface area (TPSA) is 79.1 Å². The SMILES string of the molecule is CCNC(=NCc1ccc(NC(=O)c2ccco2)cc1)N(C)Cc1ccccc1OC. The fourth-order valence-corrected chi connectivity index (χ4v) is 3.09. The maximum absolute atomic E-state index is 12.1. The molecule has 0 spiro atoms. The van der Waals surface area contributed by atoms with Crippen molar-refractivity contribution < 1.29 is 13.9 Å². The molecule has 0 aliphatic heterocycles. The van der Waals surface area contributed by atoms with Crippen LogP contribution >= 0.6 is 0 Å². The van der Waals surface area contributed by atoms with Gasteiger partial charge in [0.15, 0.2) is 11.7 Å². The number of hydrogen-bond donors (Lipinski definition) is 2. The van der Waals surface area contributed by atoms with Crippen LogP contribution in [0.15, 0.2) is 76.3 Å². The third-order valence-corrected chi connectivity index (χ3v) is 4.66. The monoisotopic (exact) mass is 420 g/mol. The summed E-state index contributed by atoms with van der Waals surface area (Å²) in [5, 5.41) is 6.14. The van der Waals surface area contributed by atoms with Crippen LogP contribution in [-0.2, 0) is 13.1 Å². The Balaban J connectivity index is 1.63. The van der Waals surface area contributed by atoms with E-state index < -0.39 is 0 Å². The highest BCUT2D eigenvalue weighted by molar-refractivity contribution is 6.02. The molecular weight excluding hydrogens is 392 g/mol. The first-order valence-corrected chi connectivity index (χ1v) is 10.2. The Labute approximate surface area is 182 Å². The molecule has 1 heterocycles. The van der Waals surface area contributed by atoms with Crippen molar-refractivity contribution in [1.82, 2.24) is 10.2 Å². The van der Waals surface area contributed by atoms with Gasteiger partial charge in [0.05, 0.1) is 19.9 Å². The number of benzene rings is 2. The average molecular weight is 421 g/mol. The Kier molecular flexibility index (Phi) is 7.70. The van der Waals surface area contributed by atoms with Crippen LogP contribution in [0.4, 0.5) is 5.69 Å². The standard InChI is InChI=1S/C24H28N4O3/c1-4-25-24(28(2)17-19-8-5-6-9-21(19)30-3)26-16-18-11-13-20(14-12-18)27-23(29)22-10-7-15-31-22/h5-15H,4,16-17H2,1-3H3,(H,25,26)(H,27,29). The second-order valence-corrected chi connectivity index (χ2v) is 6.97. The number of amides is 1. The van der Waals surface area contributed by atoms with Crippen LogP contribution in [0.3, 0.4) is 0 Å². The Hall–Kier alpha value is -3.74. The van der Waals surface area contributed by atoms with E-state index in [1.165, 1.54) is 6.26 Å². The van der Waals surface area contributed by atoms with Gasteiger partial charge in [0.1, 0.15) is 5.75 Å². The number of guanidine groups is 1. The number of carbonyl (C=O) groups is 1. The fraction of sp³-hybridized carbons (Fsp3) is 0.250. The highest BCUT2D eigenvalue weighted by Crippen LogP contribution is 2.19. The number of methoxy groups -OCH3 is 1. The van der Waals surface area contributed by atoms with E-state index in [0.717, 1.165) is 29.4 Å². The number of nitrogens with zero attached hydrogens (tertiary/aromatic N) is 2. The molecule has 31 heavy (non-hydrogen) atoms. The molecule has 2 N–H and O–H groups in total. The Bertz CT molecular complexity index is 998. The summed E-state index contributed by atoms with van der Waals surface area (Å²) >= 11 is 0. The van der Waals surface area contributed by atoms with Gasteiger partial charge in [-0.2, -0.15) is 0 Å². The maximum Gasteiger partial charge on any atom is 0.291 e. The lowest BCUT2D eigenvalue weighted by Gasteiger charge is -2.23. The summed E-state index contributed by atoms with van der Waals surface area (Å²) < 4.78 is 10.6. The van der Waals surface area contributed by atoms with Crippen molar-refractivity contribution in [3.8, 4) is 5.75 Å². The largest absolute Gasteiger partial charge is 0.496 e. The minimum absolute atomic E-state index is 0.275. The molecule has 1 amide bonds. The number of rotatable bonds is 8. The molecule has 0 saturated heterocycles. The molecule has 3 rings (SSSR count). The van der Waals surface area contributed by atoms with Gasteiger partial charge in [-0.15, -0.1) is 0 Å². The van der Waals surface area contributed by atoms with Gasteiger partial charge >= 0.3 is 0 Å². The highest BCUT2D eigenvalue weighted by Gasteiger charge is 2.11. The molecule has 7 heteroatoms. The first-order chi connectivity index (χ1) is 15.1. The lowest BCUT2D eigenvalue weighted by molar-refractivity contribution is 0.0996.